The topological polar surface area (TPSA) is 61.4 Å². The van der Waals surface area contributed by atoms with Gasteiger partial charge in [-0.1, -0.05) is 24.3 Å². The first-order chi connectivity index (χ1) is 14.6. The largest absolute Gasteiger partial charge is 0.379 e. The fourth-order valence-corrected chi connectivity index (χ4v) is 3.94. The highest BCUT2D eigenvalue weighted by atomic mass is 127. The van der Waals surface area contributed by atoms with Crippen molar-refractivity contribution in [1.82, 2.24) is 20.4 Å². The molecule has 2 saturated heterocycles. The van der Waals surface area contributed by atoms with Crippen molar-refractivity contribution in [3.05, 3.63) is 35.4 Å². The van der Waals surface area contributed by atoms with Crippen LogP contribution < -0.4 is 10.6 Å². The Morgan fingerprint density at radius 1 is 1.00 bits per heavy atom. The van der Waals surface area contributed by atoms with Crippen molar-refractivity contribution >= 4 is 29.9 Å². The summed E-state index contributed by atoms with van der Waals surface area (Å²) in [5, 5.41) is 6.93. The van der Waals surface area contributed by atoms with E-state index in [2.05, 4.69) is 65.5 Å². The van der Waals surface area contributed by atoms with E-state index in [1.165, 1.54) is 11.1 Å². The summed E-state index contributed by atoms with van der Waals surface area (Å²) in [5.41, 5.74) is 2.64. The molecule has 3 rings (SSSR count). The summed E-state index contributed by atoms with van der Waals surface area (Å²) < 4.78 is 10.9. The Kier molecular flexibility index (Phi) is 11.5. The van der Waals surface area contributed by atoms with E-state index in [-0.39, 0.29) is 29.5 Å². The highest BCUT2D eigenvalue weighted by Gasteiger charge is 2.28. The Hall–Kier alpha value is -0.940. The van der Waals surface area contributed by atoms with Crippen LogP contribution in [-0.4, -0.2) is 87.0 Å². The van der Waals surface area contributed by atoms with Gasteiger partial charge in [-0.05, 0) is 31.9 Å². The van der Waals surface area contributed by atoms with E-state index in [4.69, 9.17) is 14.5 Å². The molecule has 31 heavy (non-hydrogen) atoms. The summed E-state index contributed by atoms with van der Waals surface area (Å²) in [4.78, 5) is 9.78. The molecule has 176 valence electrons. The first-order valence-corrected chi connectivity index (χ1v) is 11.3. The van der Waals surface area contributed by atoms with Gasteiger partial charge in [0.25, 0.3) is 0 Å². The van der Waals surface area contributed by atoms with Crippen molar-refractivity contribution < 1.29 is 9.47 Å². The maximum atomic E-state index is 5.50. The van der Waals surface area contributed by atoms with Crippen molar-refractivity contribution in [3.63, 3.8) is 0 Å². The fraction of sp³-hybridized carbons (Fsp3) is 0.696. The molecule has 2 heterocycles. The molecule has 0 aliphatic carbocycles. The van der Waals surface area contributed by atoms with Gasteiger partial charge in [0.1, 0.15) is 0 Å². The lowest BCUT2D eigenvalue weighted by Gasteiger charge is -2.41. The Bertz CT molecular complexity index is 674. The molecule has 0 spiro atoms. The number of guanidine groups is 1. The highest BCUT2D eigenvalue weighted by molar-refractivity contribution is 14.0. The van der Waals surface area contributed by atoms with Crippen molar-refractivity contribution in [2.45, 2.75) is 39.4 Å². The minimum atomic E-state index is 0. The van der Waals surface area contributed by atoms with E-state index >= 15 is 0 Å². The lowest BCUT2D eigenvalue weighted by molar-refractivity contribution is -0.00834. The smallest absolute Gasteiger partial charge is 0.191 e. The number of benzene rings is 1. The van der Waals surface area contributed by atoms with Crippen LogP contribution in [-0.2, 0) is 22.6 Å². The van der Waals surface area contributed by atoms with Gasteiger partial charge in [-0.25, -0.2) is 4.99 Å². The Labute approximate surface area is 205 Å². The van der Waals surface area contributed by atoms with Crippen LogP contribution in [0.4, 0.5) is 0 Å². The third-order valence-corrected chi connectivity index (χ3v) is 5.82. The summed E-state index contributed by atoms with van der Waals surface area (Å²) in [6.45, 7) is 17.3. The average Bonchev–Trinajstić information content (AvgIpc) is 2.77. The molecule has 0 amide bonds. The number of rotatable bonds is 8. The zero-order chi connectivity index (χ0) is 21.2. The minimum absolute atomic E-state index is 0. The third-order valence-electron chi connectivity index (χ3n) is 5.82. The van der Waals surface area contributed by atoms with Crippen LogP contribution in [0.5, 0.6) is 0 Å². The Morgan fingerprint density at radius 2 is 1.65 bits per heavy atom. The molecule has 2 N–H and O–H groups in total. The zero-order valence-corrected chi connectivity index (χ0v) is 21.7. The molecule has 0 radical (unpaired) electrons. The van der Waals surface area contributed by atoms with E-state index in [1.54, 1.807) is 0 Å². The number of hydrogen-bond acceptors (Lipinski definition) is 5. The summed E-state index contributed by atoms with van der Waals surface area (Å²) in [5.74, 6) is 0.873. The molecule has 2 fully saturated rings. The van der Waals surface area contributed by atoms with Crippen LogP contribution in [0.2, 0.25) is 0 Å². The van der Waals surface area contributed by atoms with Crippen molar-refractivity contribution in [2.24, 2.45) is 4.99 Å². The van der Waals surface area contributed by atoms with Crippen LogP contribution in [0, 0.1) is 0 Å². The molecule has 1 aromatic carbocycles. The summed E-state index contributed by atoms with van der Waals surface area (Å²) >= 11 is 0. The van der Waals surface area contributed by atoms with Gasteiger partial charge in [0, 0.05) is 51.4 Å². The number of nitrogens with zero attached hydrogens (tertiary/aromatic N) is 3. The van der Waals surface area contributed by atoms with Crippen molar-refractivity contribution in [2.75, 3.05) is 65.7 Å². The number of hydrogen-bond donors (Lipinski definition) is 2. The maximum Gasteiger partial charge on any atom is 0.191 e. The maximum absolute atomic E-state index is 5.50. The van der Waals surface area contributed by atoms with Gasteiger partial charge in [0.05, 0.1) is 33.0 Å². The lowest BCUT2D eigenvalue weighted by Crippen LogP contribution is -2.56. The average molecular weight is 546 g/mol. The third kappa shape index (κ3) is 8.84. The van der Waals surface area contributed by atoms with Crippen molar-refractivity contribution in [1.29, 1.82) is 0 Å². The molecule has 2 aliphatic rings. The van der Waals surface area contributed by atoms with E-state index in [0.717, 1.165) is 78.2 Å². The van der Waals surface area contributed by atoms with Gasteiger partial charge >= 0.3 is 0 Å². The molecule has 7 nitrogen and oxygen atoms in total. The fourth-order valence-electron chi connectivity index (χ4n) is 3.94. The quantitative estimate of drug-likeness (QED) is 0.297. The Morgan fingerprint density at radius 3 is 2.32 bits per heavy atom. The van der Waals surface area contributed by atoms with Crippen LogP contribution >= 0.6 is 24.0 Å². The number of aliphatic imine (C=N–C) groups is 1. The van der Waals surface area contributed by atoms with E-state index in [1.807, 2.05) is 0 Å². The highest BCUT2D eigenvalue weighted by Crippen LogP contribution is 2.15. The number of halogens is 1. The van der Waals surface area contributed by atoms with Crippen LogP contribution in [0.3, 0.4) is 0 Å². The van der Waals surface area contributed by atoms with E-state index in [0.29, 0.717) is 6.54 Å². The van der Waals surface area contributed by atoms with Gasteiger partial charge < -0.3 is 20.1 Å². The second kappa shape index (κ2) is 13.6. The molecule has 2 aliphatic heterocycles. The molecule has 0 atom stereocenters. The van der Waals surface area contributed by atoms with Gasteiger partial charge in [-0.2, -0.15) is 0 Å². The first-order valence-electron chi connectivity index (χ1n) is 11.3. The van der Waals surface area contributed by atoms with Gasteiger partial charge in [-0.3, -0.25) is 9.80 Å². The predicted molar refractivity (Wildman–Crippen MR) is 137 cm³/mol. The van der Waals surface area contributed by atoms with Crippen LogP contribution in [0.1, 0.15) is 31.9 Å². The molecule has 0 unspecified atom stereocenters. The van der Waals surface area contributed by atoms with Crippen LogP contribution in [0.15, 0.2) is 29.3 Å². The molecular formula is C23H40IN5O2. The monoisotopic (exact) mass is 545 g/mol. The molecule has 8 heteroatoms. The lowest BCUT2D eigenvalue weighted by atomic mass is 10.0. The first kappa shape index (κ1) is 26.3. The number of morpholine rings is 2. The standard InChI is InChI=1S/C23H39N5O2.HI/c1-4-24-22(26-19-23(2,3)28-10-14-30-15-11-28)25-17-20-6-5-7-21(16-20)18-27-8-12-29-13-9-27;/h5-7,16H,4,8-15,17-19H2,1-3H3,(H2,24,25,26);1H. The summed E-state index contributed by atoms with van der Waals surface area (Å²) in [6.07, 6.45) is 0. The summed E-state index contributed by atoms with van der Waals surface area (Å²) in [7, 11) is 0. The number of nitrogens with one attached hydrogen (secondary N) is 2. The minimum Gasteiger partial charge on any atom is -0.379 e. The molecule has 0 bridgehead atoms. The van der Waals surface area contributed by atoms with Gasteiger partial charge in [0.15, 0.2) is 5.96 Å². The normalized spacial score (nSPS) is 19.0. The van der Waals surface area contributed by atoms with E-state index in [9.17, 15) is 0 Å². The van der Waals surface area contributed by atoms with Gasteiger partial charge in [-0.15, -0.1) is 24.0 Å². The molecule has 0 aromatic heterocycles. The Balaban J connectivity index is 0.00000341. The van der Waals surface area contributed by atoms with Crippen LogP contribution in [0.25, 0.3) is 0 Å². The molecule has 0 saturated carbocycles. The second-order valence-electron chi connectivity index (χ2n) is 8.67. The van der Waals surface area contributed by atoms with Crippen molar-refractivity contribution in [3.8, 4) is 0 Å². The van der Waals surface area contributed by atoms with Gasteiger partial charge in [0.2, 0.25) is 0 Å². The predicted octanol–water partition coefficient (Wildman–Crippen LogP) is 2.30. The number of ether oxygens (including phenoxy) is 2. The van der Waals surface area contributed by atoms with E-state index < -0.39 is 0 Å². The SMILES string of the molecule is CCNC(=NCc1cccc(CN2CCOCC2)c1)NCC(C)(C)N1CCOCC1.I. The summed E-state index contributed by atoms with van der Waals surface area (Å²) in [6, 6.07) is 8.78. The second-order valence-corrected chi connectivity index (χ2v) is 8.67. The zero-order valence-electron chi connectivity index (χ0n) is 19.4. The molecule has 1 aromatic rings. The molecular weight excluding hydrogens is 505 g/mol.